The van der Waals surface area contributed by atoms with E-state index in [1.54, 1.807) is 6.92 Å². The highest BCUT2D eigenvalue weighted by atomic mass is 16.5. The van der Waals surface area contributed by atoms with Gasteiger partial charge < -0.3 is 4.74 Å². The molecule has 0 radical (unpaired) electrons. The van der Waals surface area contributed by atoms with Crippen molar-refractivity contribution >= 4 is 5.78 Å². The molecule has 0 bridgehead atoms. The zero-order valence-corrected chi connectivity index (χ0v) is 13.1. The Kier molecular flexibility index (Phi) is 4.59. The van der Waals surface area contributed by atoms with Gasteiger partial charge in [0.15, 0.2) is 5.78 Å². The van der Waals surface area contributed by atoms with Gasteiger partial charge >= 0.3 is 0 Å². The Bertz CT molecular complexity index is 609. The van der Waals surface area contributed by atoms with Crippen molar-refractivity contribution < 1.29 is 9.53 Å². The first-order valence-electron chi connectivity index (χ1n) is 7.21. The summed E-state index contributed by atoms with van der Waals surface area (Å²) in [6.07, 6.45) is -0.540. The summed E-state index contributed by atoms with van der Waals surface area (Å²) >= 11 is 0. The van der Waals surface area contributed by atoms with Gasteiger partial charge in [0.2, 0.25) is 0 Å². The summed E-state index contributed by atoms with van der Waals surface area (Å²) < 4.78 is 6.00. The molecule has 0 aliphatic carbocycles. The van der Waals surface area contributed by atoms with E-state index in [1.165, 1.54) is 0 Å². The van der Waals surface area contributed by atoms with Crippen LogP contribution in [0.15, 0.2) is 54.6 Å². The highest BCUT2D eigenvalue weighted by Crippen LogP contribution is 2.33. The van der Waals surface area contributed by atoms with Crippen LogP contribution in [0.4, 0.5) is 0 Å². The van der Waals surface area contributed by atoms with Crippen molar-refractivity contribution in [2.24, 2.45) is 0 Å². The summed E-state index contributed by atoms with van der Waals surface area (Å²) in [5.41, 5.74) is 2.69. The first-order valence-corrected chi connectivity index (χ1v) is 7.21. The third kappa shape index (κ3) is 4.02. The molecule has 2 aromatic carbocycles. The maximum atomic E-state index is 12.1. The van der Waals surface area contributed by atoms with Crippen LogP contribution in [0.1, 0.15) is 39.4 Å². The highest BCUT2D eigenvalue weighted by molar-refractivity contribution is 5.85. The summed E-state index contributed by atoms with van der Waals surface area (Å²) in [5.74, 6) is 0.0216. The van der Waals surface area contributed by atoms with Crippen molar-refractivity contribution in [2.45, 2.75) is 39.4 Å². The number of Topliss-reactive ketones (excluding diaryl/α,β-unsaturated/α-hetero) is 1. The molecule has 2 rings (SSSR count). The quantitative estimate of drug-likeness (QED) is 0.805. The first-order chi connectivity index (χ1) is 9.88. The van der Waals surface area contributed by atoms with Gasteiger partial charge in [-0.15, -0.1) is 0 Å². The Balaban J connectivity index is 2.49. The lowest BCUT2D eigenvalue weighted by Gasteiger charge is -2.27. The second-order valence-corrected chi connectivity index (χ2v) is 6.17. The van der Waals surface area contributed by atoms with Gasteiger partial charge in [-0.3, -0.25) is 4.79 Å². The van der Waals surface area contributed by atoms with Gasteiger partial charge in [0, 0.05) is 0 Å². The highest BCUT2D eigenvalue weighted by Gasteiger charge is 2.26. The van der Waals surface area contributed by atoms with E-state index in [1.807, 2.05) is 75.4 Å². The van der Waals surface area contributed by atoms with E-state index < -0.39 is 6.10 Å². The smallest absolute Gasteiger partial charge is 0.163 e. The first kappa shape index (κ1) is 15.5. The van der Waals surface area contributed by atoms with E-state index in [0.717, 1.165) is 16.7 Å². The average Bonchev–Trinajstić information content (AvgIpc) is 2.45. The number of hydrogen-bond acceptors (Lipinski definition) is 2. The molecule has 0 spiro atoms. The Morgan fingerprint density at radius 2 is 1.52 bits per heavy atom. The van der Waals surface area contributed by atoms with Gasteiger partial charge in [-0.05, 0) is 44.4 Å². The predicted octanol–water partition coefficient (Wildman–Crippen LogP) is 4.80. The summed E-state index contributed by atoms with van der Waals surface area (Å²) in [4.78, 5) is 12.1. The van der Waals surface area contributed by atoms with Crippen molar-refractivity contribution in [3.63, 3.8) is 0 Å². The molecule has 21 heavy (non-hydrogen) atoms. The lowest BCUT2D eigenvalue weighted by atomic mass is 9.94. The van der Waals surface area contributed by atoms with Crippen LogP contribution in [-0.2, 0) is 9.53 Å². The standard InChI is InChI=1S/C19H22O2/c1-14(20)18(21-19(2,3)4)17-13-9-8-12-16(17)15-10-6-5-7-11-15/h5-13,18H,1-4H3. The van der Waals surface area contributed by atoms with Crippen LogP contribution in [-0.4, -0.2) is 11.4 Å². The molecule has 0 N–H and O–H groups in total. The SMILES string of the molecule is CC(=O)C(OC(C)(C)C)c1ccccc1-c1ccccc1. The second-order valence-electron chi connectivity index (χ2n) is 6.17. The molecule has 0 aliphatic rings. The monoisotopic (exact) mass is 282 g/mol. The van der Waals surface area contributed by atoms with Gasteiger partial charge in [0.25, 0.3) is 0 Å². The second kappa shape index (κ2) is 6.23. The van der Waals surface area contributed by atoms with Crippen LogP contribution < -0.4 is 0 Å². The van der Waals surface area contributed by atoms with Crippen LogP contribution in [0, 0.1) is 0 Å². The van der Waals surface area contributed by atoms with Gasteiger partial charge in [0.1, 0.15) is 6.10 Å². The Morgan fingerprint density at radius 1 is 0.952 bits per heavy atom. The van der Waals surface area contributed by atoms with Gasteiger partial charge in [-0.2, -0.15) is 0 Å². The largest absolute Gasteiger partial charge is 0.360 e. The summed E-state index contributed by atoms with van der Waals surface area (Å²) in [6.45, 7) is 7.48. The molecule has 2 heteroatoms. The summed E-state index contributed by atoms with van der Waals surface area (Å²) in [7, 11) is 0. The molecule has 1 atom stereocenters. The van der Waals surface area contributed by atoms with Crippen LogP contribution in [0.5, 0.6) is 0 Å². The number of ether oxygens (including phenoxy) is 1. The molecule has 0 amide bonds. The average molecular weight is 282 g/mol. The Labute approximate surface area is 126 Å². The van der Waals surface area contributed by atoms with E-state index in [2.05, 4.69) is 0 Å². The number of ketones is 1. The fourth-order valence-electron chi connectivity index (χ4n) is 2.33. The van der Waals surface area contributed by atoms with Crippen LogP contribution in [0.25, 0.3) is 11.1 Å². The maximum Gasteiger partial charge on any atom is 0.163 e. The number of benzene rings is 2. The maximum absolute atomic E-state index is 12.1. The third-order valence-corrected chi connectivity index (χ3v) is 3.17. The van der Waals surface area contributed by atoms with E-state index >= 15 is 0 Å². The summed E-state index contributed by atoms with van der Waals surface area (Å²) in [5, 5.41) is 0. The van der Waals surface area contributed by atoms with E-state index in [9.17, 15) is 4.79 Å². The third-order valence-electron chi connectivity index (χ3n) is 3.17. The molecule has 0 aromatic heterocycles. The molecule has 0 heterocycles. The van der Waals surface area contributed by atoms with Gasteiger partial charge in [-0.25, -0.2) is 0 Å². The summed E-state index contributed by atoms with van der Waals surface area (Å²) in [6, 6.07) is 18.0. The number of carbonyl (C=O) groups excluding carboxylic acids is 1. The molecule has 0 saturated heterocycles. The number of rotatable bonds is 4. The molecule has 2 nitrogen and oxygen atoms in total. The molecule has 0 saturated carbocycles. The molecule has 1 unspecified atom stereocenters. The van der Waals surface area contributed by atoms with Crippen LogP contribution in [0.2, 0.25) is 0 Å². The fraction of sp³-hybridized carbons (Fsp3) is 0.316. The van der Waals surface area contributed by atoms with E-state index in [4.69, 9.17) is 4.74 Å². The van der Waals surface area contributed by atoms with Crippen LogP contribution >= 0.6 is 0 Å². The molecule has 0 aliphatic heterocycles. The lowest BCUT2D eigenvalue weighted by Crippen LogP contribution is -2.26. The van der Waals surface area contributed by atoms with E-state index in [0.29, 0.717) is 0 Å². The van der Waals surface area contributed by atoms with Gasteiger partial charge in [-0.1, -0.05) is 54.6 Å². The number of hydrogen-bond donors (Lipinski definition) is 0. The molecule has 110 valence electrons. The normalized spacial score (nSPS) is 13.0. The number of carbonyl (C=O) groups is 1. The van der Waals surface area contributed by atoms with Gasteiger partial charge in [0.05, 0.1) is 5.60 Å². The Hall–Kier alpha value is -1.93. The topological polar surface area (TPSA) is 26.3 Å². The van der Waals surface area contributed by atoms with Crippen molar-refractivity contribution in [2.75, 3.05) is 0 Å². The lowest BCUT2D eigenvalue weighted by molar-refractivity contribution is -0.138. The minimum absolute atomic E-state index is 0.0216. The zero-order valence-electron chi connectivity index (χ0n) is 13.1. The Morgan fingerprint density at radius 3 is 2.10 bits per heavy atom. The van der Waals surface area contributed by atoms with Crippen molar-refractivity contribution in [3.8, 4) is 11.1 Å². The minimum atomic E-state index is -0.540. The van der Waals surface area contributed by atoms with Crippen LogP contribution in [0.3, 0.4) is 0 Å². The molecular formula is C19H22O2. The van der Waals surface area contributed by atoms with Crippen molar-refractivity contribution in [3.05, 3.63) is 60.2 Å². The van der Waals surface area contributed by atoms with Crippen molar-refractivity contribution in [1.82, 2.24) is 0 Å². The predicted molar refractivity (Wildman–Crippen MR) is 86.1 cm³/mol. The minimum Gasteiger partial charge on any atom is -0.360 e. The molecular weight excluding hydrogens is 260 g/mol. The van der Waals surface area contributed by atoms with Crippen molar-refractivity contribution in [1.29, 1.82) is 0 Å². The fourth-order valence-corrected chi connectivity index (χ4v) is 2.33. The molecule has 0 fully saturated rings. The van der Waals surface area contributed by atoms with E-state index in [-0.39, 0.29) is 11.4 Å². The molecule has 2 aromatic rings. The zero-order chi connectivity index (χ0) is 15.5.